The molecule has 2 aromatic carbocycles. The molecular weight excluding hydrogens is 448 g/mol. The second-order valence-corrected chi connectivity index (χ2v) is 11.9. The third-order valence-corrected chi connectivity index (χ3v) is 9.49. The molecule has 0 saturated carbocycles. The fourth-order valence-electron chi connectivity index (χ4n) is 5.87. The van der Waals surface area contributed by atoms with E-state index in [1.54, 1.807) is 25.6 Å². The number of urea groups is 1. The maximum Gasteiger partial charge on any atom is 0.463 e. The Hall–Kier alpha value is -2.39. The molecule has 0 aromatic heterocycles. The van der Waals surface area contributed by atoms with Gasteiger partial charge >= 0.3 is 6.03 Å². The Balaban J connectivity index is 1.30. The Kier molecular flexibility index (Phi) is 5.26. The Bertz CT molecular complexity index is 1290. The molecule has 7 nitrogen and oxygen atoms in total. The predicted octanol–water partition coefficient (Wildman–Crippen LogP) is 4.04. The highest BCUT2D eigenvalue weighted by Gasteiger charge is 2.44. The van der Waals surface area contributed by atoms with Crippen molar-refractivity contribution in [1.29, 1.82) is 0 Å². The summed E-state index contributed by atoms with van der Waals surface area (Å²) in [7, 11) is 0.413. The molecule has 178 valence electrons. The van der Waals surface area contributed by atoms with Gasteiger partial charge in [-0.05, 0) is 67.3 Å². The first kappa shape index (κ1) is 22.1. The third-order valence-electron chi connectivity index (χ3n) is 7.82. The van der Waals surface area contributed by atoms with Crippen LogP contribution in [0.1, 0.15) is 40.7 Å². The van der Waals surface area contributed by atoms with Gasteiger partial charge in [-0.3, -0.25) is 4.90 Å². The minimum absolute atomic E-state index is 0.115. The molecule has 4 aliphatic rings. The molecule has 0 spiro atoms. The van der Waals surface area contributed by atoms with Crippen LogP contribution in [0.3, 0.4) is 0 Å². The number of carbonyl (C=O) groups excluding carboxylic acids is 1. The molecular formula is C26H31N4O3S+. The smallest absolute Gasteiger partial charge is 0.379 e. The van der Waals surface area contributed by atoms with E-state index in [4.69, 9.17) is 4.74 Å². The Morgan fingerprint density at radius 1 is 1.06 bits per heavy atom. The number of rotatable bonds is 5. The van der Waals surface area contributed by atoms with Gasteiger partial charge in [-0.2, -0.15) is 4.48 Å². The zero-order valence-electron chi connectivity index (χ0n) is 19.8. The first-order valence-corrected chi connectivity index (χ1v) is 13.6. The summed E-state index contributed by atoms with van der Waals surface area (Å²) in [6.07, 6.45) is 8.20. The quantitative estimate of drug-likeness (QED) is 0.607. The van der Waals surface area contributed by atoms with E-state index in [0.717, 1.165) is 69.4 Å². The van der Waals surface area contributed by atoms with E-state index in [-0.39, 0.29) is 4.48 Å². The number of quaternary nitrogens is 1. The number of carbonyl (C=O) groups is 1. The highest BCUT2D eigenvalue weighted by atomic mass is 32.2. The second kappa shape index (κ2) is 8.09. The Morgan fingerprint density at radius 3 is 2.29 bits per heavy atom. The molecule has 2 amide bonds. The van der Waals surface area contributed by atoms with E-state index in [1.807, 2.05) is 19.2 Å². The summed E-state index contributed by atoms with van der Waals surface area (Å²) in [5.74, 6) is 0. The van der Waals surface area contributed by atoms with Crippen molar-refractivity contribution >= 4 is 28.0 Å². The zero-order valence-corrected chi connectivity index (χ0v) is 20.6. The van der Waals surface area contributed by atoms with Crippen molar-refractivity contribution < 1.29 is 13.7 Å². The fourth-order valence-corrected chi connectivity index (χ4v) is 7.33. The number of aryl methyl sites for hydroxylation is 2. The number of amides is 2. The lowest BCUT2D eigenvalue weighted by Crippen LogP contribution is -2.51. The van der Waals surface area contributed by atoms with Crippen LogP contribution >= 0.6 is 0 Å². The molecule has 2 aliphatic heterocycles. The molecule has 2 heterocycles. The molecule has 2 atom stereocenters. The minimum Gasteiger partial charge on any atom is -0.379 e. The van der Waals surface area contributed by atoms with Gasteiger partial charge in [0.25, 0.3) is 0 Å². The van der Waals surface area contributed by atoms with E-state index in [2.05, 4.69) is 19.7 Å². The van der Waals surface area contributed by atoms with Crippen LogP contribution in [0.2, 0.25) is 0 Å². The van der Waals surface area contributed by atoms with Gasteiger partial charge in [0, 0.05) is 37.9 Å². The molecule has 0 radical (unpaired) electrons. The predicted molar refractivity (Wildman–Crippen MR) is 133 cm³/mol. The number of nitrogens with zero attached hydrogens (tertiary/aromatic N) is 4. The van der Waals surface area contributed by atoms with Crippen LogP contribution in [0.15, 0.2) is 44.0 Å². The number of hydrogen-bond donors (Lipinski definition) is 0. The molecule has 2 unspecified atom stereocenters. The van der Waals surface area contributed by atoms with Crippen molar-refractivity contribution in [2.75, 3.05) is 27.2 Å². The largest absolute Gasteiger partial charge is 0.463 e. The second-order valence-electron chi connectivity index (χ2n) is 10.1. The van der Waals surface area contributed by atoms with Gasteiger partial charge < -0.3 is 4.74 Å². The Morgan fingerprint density at radius 2 is 1.71 bits per heavy atom. The average molecular weight is 480 g/mol. The highest BCUT2D eigenvalue weighted by Crippen LogP contribution is 2.43. The Labute approximate surface area is 201 Å². The number of ether oxygens (including phenoxy) is 1. The van der Waals surface area contributed by atoms with Gasteiger partial charge in [0.05, 0.1) is 18.0 Å². The van der Waals surface area contributed by atoms with Gasteiger partial charge in [-0.15, -0.1) is 4.40 Å². The molecule has 1 fully saturated rings. The lowest BCUT2D eigenvalue weighted by molar-refractivity contribution is -0.0334. The van der Waals surface area contributed by atoms with Crippen molar-refractivity contribution in [2.24, 2.45) is 8.76 Å². The van der Waals surface area contributed by atoms with Crippen molar-refractivity contribution in [3.05, 3.63) is 58.1 Å². The topological polar surface area (TPSA) is 71.3 Å². The first-order chi connectivity index (χ1) is 16.4. The number of hydrogen-bond acceptors (Lipinski definition) is 4. The fraction of sp³-hybridized carbons (Fsp3) is 0.462. The van der Waals surface area contributed by atoms with Gasteiger partial charge in [0.2, 0.25) is 6.34 Å². The third kappa shape index (κ3) is 3.47. The van der Waals surface area contributed by atoms with E-state index in [1.165, 1.54) is 22.3 Å². The van der Waals surface area contributed by atoms with Crippen molar-refractivity contribution in [3.63, 3.8) is 0 Å². The van der Waals surface area contributed by atoms with Crippen LogP contribution in [-0.2, 0) is 46.9 Å². The molecule has 1 saturated heterocycles. The molecule has 0 N–H and O–H groups in total. The van der Waals surface area contributed by atoms with Crippen LogP contribution in [0, 0.1) is 0 Å². The number of benzene rings is 2. The van der Waals surface area contributed by atoms with Gasteiger partial charge in [-0.1, -0.05) is 22.6 Å². The highest BCUT2D eigenvalue weighted by molar-refractivity contribution is 7.92. The lowest BCUT2D eigenvalue weighted by Gasteiger charge is -2.38. The van der Waals surface area contributed by atoms with Crippen molar-refractivity contribution in [2.45, 2.75) is 56.1 Å². The van der Waals surface area contributed by atoms with Gasteiger partial charge in [-0.25, -0.2) is 9.00 Å². The number of likely N-dealkylation sites (tertiary alicyclic amines) is 1. The number of methoxy groups -OCH3 is 1. The summed E-state index contributed by atoms with van der Waals surface area (Å²) in [6, 6.07) is 9.46. The summed E-state index contributed by atoms with van der Waals surface area (Å²) in [5.41, 5.74) is 7.44. The van der Waals surface area contributed by atoms with Crippen molar-refractivity contribution in [3.8, 4) is 0 Å². The van der Waals surface area contributed by atoms with Crippen LogP contribution in [-0.4, -0.2) is 54.8 Å². The monoisotopic (exact) mass is 479 g/mol. The maximum absolute atomic E-state index is 13.7. The minimum atomic E-state index is -3.18. The SMILES string of the molecule is COC1CN(Cc2ccc(S3(=O)=NC(=O)[N+](C)(c4c5c(cc6c4CCC6)CCC5)C=N3)cc2)C1. The van der Waals surface area contributed by atoms with Crippen molar-refractivity contribution in [1.82, 2.24) is 9.38 Å². The molecule has 6 rings (SSSR count). The summed E-state index contributed by atoms with van der Waals surface area (Å²) in [5, 5.41) is 0. The average Bonchev–Trinajstić information content (AvgIpc) is 3.46. The molecule has 8 heteroatoms. The van der Waals surface area contributed by atoms with Gasteiger partial charge in [0.1, 0.15) is 0 Å². The normalized spacial score (nSPS) is 28.5. The lowest BCUT2D eigenvalue weighted by atomic mass is 9.97. The number of fused-ring (bicyclic) bond motifs is 2. The van der Waals surface area contributed by atoms with E-state index >= 15 is 0 Å². The first-order valence-electron chi connectivity index (χ1n) is 12.2. The van der Waals surface area contributed by atoms with Gasteiger partial charge in [0.15, 0.2) is 15.6 Å². The standard InChI is InChI=1S/C26H31N4O3S/c1-30(25-23-7-3-5-19(23)13-20-6-4-8-24(20)25)17-27-34(32,28-26(30)31)22-11-9-18(10-12-22)14-29-15-21(16-29)33-2/h9-13,17,21H,3-8,14-16H2,1-2H3/q+1. The van der Waals surface area contributed by atoms with Crippen LogP contribution in [0.4, 0.5) is 10.5 Å². The van der Waals surface area contributed by atoms with Crippen LogP contribution in [0.25, 0.3) is 0 Å². The molecule has 0 bridgehead atoms. The summed E-state index contributed by atoms with van der Waals surface area (Å²) in [6.45, 7) is 2.67. The molecule has 2 aromatic rings. The summed E-state index contributed by atoms with van der Waals surface area (Å²) in [4.78, 5) is 16.3. The van der Waals surface area contributed by atoms with E-state index < -0.39 is 15.9 Å². The molecule has 2 aliphatic carbocycles. The van der Waals surface area contributed by atoms with E-state index in [9.17, 15) is 9.00 Å². The molecule has 34 heavy (non-hydrogen) atoms. The maximum atomic E-state index is 13.7. The zero-order chi connectivity index (χ0) is 23.5. The van der Waals surface area contributed by atoms with E-state index in [0.29, 0.717) is 11.0 Å². The summed E-state index contributed by atoms with van der Waals surface area (Å²) < 4.78 is 27.6. The summed E-state index contributed by atoms with van der Waals surface area (Å²) >= 11 is 0. The van der Waals surface area contributed by atoms with Crippen LogP contribution in [0.5, 0.6) is 0 Å². The van der Waals surface area contributed by atoms with Crippen LogP contribution < -0.4 is 4.48 Å².